The van der Waals surface area contributed by atoms with Crippen LogP contribution >= 0.6 is 12.2 Å². The van der Waals surface area contributed by atoms with Gasteiger partial charge in [0.25, 0.3) is 11.8 Å². The Morgan fingerprint density at radius 2 is 1.59 bits per heavy atom. The van der Waals surface area contributed by atoms with E-state index in [9.17, 15) is 13.8 Å². The molecule has 0 aliphatic carbocycles. The normalized spacial score (nSPS) is 15.0. The highest BCUT2D eigenvalue weighted by atomic mass is 32.2. The highest BCUT2D eigenvalue weighted by Gasteiger charge is 2.34. The Labute approximate surface area is 245 Å². The number of carbonyl (C=O) groups excluding carboxylic acids is 2. The fraction of sp³-hybridized carbons (Fsp3) is 0.0938. The molecule has 41 heavy (non-hydrogen) atoms. The lowest BCUT2D eigenvalue weighted by Gasteiger charge is -2.29. The van der Waals surface area contributed by atoms with Gasteiger partial charge in [-0.05, 0) is 91.4 Å². The van der Waals surface area contributed by atoms with E-state index in [1.165, 1.54) is 11.0 Å². The molecule has 0 bridgehead atoms. The number of hydrogen-bond donors (Lipinski definition) is 1. The van der Waals surface area contributed by atoms with Crippen LogP contribution in [0.4, 0.5) is 5.69 Å². The summed E-state index contributed by atoms with van der Waals surface area (Å²) in [5.41, 5.74) is 2.75. The summed E-state index contributed by atoms with van der Waals surface area (Å²) >= 11 is 5.34. The van der Waals surface area contributed by atoms with Gasteiger partial charge in [-0.25, -0.2) is 0 Å². The molecular weight excluding hydrogens is 556 g/mol. The first-order chi connectivity index (χ1) is 19.8. The van der Waals surface area contributed by atoms with Crippen molar-refractivity contribution in [3.63, 3.8) is 0 Å². The predicted octanol–water partition coefficient (Wildman–Crippen LogP) is 5.94. The van der Waals surface area contributed by atoms with Crippen LogP contribution < -0.4 is 19.7 Å². The van der Waals surface area contributed by atoms with Crippen LogP contribution in [0.5, 0.6) is 17.2 Å². The first-order valence-corrected chi connectivity index (χ1v) is 14.4. The summed E-state index contributed by atoms with van der Waals surface area (Å²) in [6, 6.07) is 28.9. The second-order valence-electron chi connectivity index (χ2n) is 9.24. The second-order valence-corrected chi connectivity index (χ2v) is 11.1. The molecule has 9 heteroatoms. The fourth-order valence-electron chi connectivity index (χ4n) is 4.26. The lowest BCUT2D eigenvalue weighted by Crippen LogP contribution is -2.54. The van der Waals surface area contributed by atoms with Crippen LogP contribution in [-0.4, -0.2) is 28.2 Å². The number of aryl methyl sites for hydroxylation is 1. The Bertz CT molecular complexity index is 1670. The molecule has 1 N–H and O–H groups in total. The monoisotopic (exact) mass is 582 g/mol. The van der Waals surface area contributed by atoms with E-state index in [0.717, 1.165) is 5.56 Å². The van der Waals surface area contributed by atoms with Crippen LogP contribution in [0.2, 0.25) is 0 Å². The van der Waals surface area contributed by atoms with Crippen molar-refractivity contribution in [1.82, 2.24) is 5.32 Å². The van der Waals surface area contributed by atoms with Crippen LogP contribution in [0.15, 0.2) is 108 Å². The number of ether oxygens (including phenoxy) is 2. The zero-order chi connectivity index (χ0) is 28.9. The number of amides is 2. The van der Waals surface area contributed by atoms with Gasteiger partial charge in [0.15, 0.2) is 5.11 Å². The largest absolute Gasteiger partial charge is 0.496 e. The van der Waals surface area contributed by atoms with Crippen LogP contribution in [-0.2, 0) is 26.1 Å². The van der Waals surface area contributed by atoms with Crippen molar-refractivity contribution >= 4 is 51.7 Å². The van der Waals surface area contributed by atoms with E-state index in [1.54, 1.807) is 49.6 Å². The van der Waals surface area contributed by atoms with E-state index in [-0.39, 0.29) is 16.4 Å². The van der Waals surface area contributed by atoms with Gasteiger partial charge in [0.2, 0.25) is 0 Å². The average Bonchev–Trinajstić information content (AvgIpc) is 2.97. The molecule has 0 spiro atoms. The van der Waals surface area contributed by atoms with Crippen molar-refractivity contribution in [3.05, 3.63) is 119 Å². The number of hydrogen-bond acceptors (Lipinski definition) is 6. The molecule has 0 aromatic heterocycles. The third-order valence-corrected chi connectivity index (χ3v) is 8.02. The summed E-state index contributed by atoms with van der Waals surface area (Å²) < 4.78 is 24.4. The predicted molar refractivity (Wildman–Crippen MR) is 163 cm³/mol. The zero-order valence-corrected chi connectivity index (χ0v) is 24.0. The first kappa shape index (κ1) is 27.9. The zero-order valence-electron chi connectivity index (χ0n) is 22.3. The number of nitrogens with zero attached hydrogens (tertiary/aromatic N) is 1. The van der Waals surface area contributed by atoms with Gasteiger partial charge in [-0.1, -0.05) is 42.0 Å². The minimum Gasteiger partial charge on any atom is -0.496 e. The van der Waals surface area contributed by atoms with Gasteiger partial charge in [0, 0.05) is 10.5 Å². The molecule has 2 amide bonds. The van der Waals surface area contributed by atoms with E-state index in [1.807, 2.05) is 61.5 Å². The van der Waals surface area contributed by atoms with E-state index in [2.05, 4.69) is 5.32 Å². The van der Waals surface area contributed by atoms with Gasteiger partial charge in [-0.15, -0.1) is 0 Å². The molecule has 1 saturated heterocycles. The number of nitrogens with one attached hydrogen (secondary N) is 1. The Morgan fingerprint density at radius 1 is 0.902 bits per heavy atom. The van der Waals surface area contributed by atoms with Crippen LogP contribution in [0.25, 0.3) is 6.08 Å². The summed E-state index contributed by atoms with van der Waals surface area (Å²) in [6.07, 6.45) is 1.50. The number of methoxy groups -OCH3 is 1. The van der Waals surface area contributed by atoms with Gasteiger partial charge >= 0.3 is 0 Å². The van der Waals surface area contributed by atoms with E-state index >= 15 is 0 Å². The number of rotatable bonds is 8. The fourth-order valence-corrected chi connectivity index (χ4v) is 5.66. The third kappa shape index (κ3) is 6.42. The maximum atomic E-state index is 13.5. The van der Waals surface area contributed by atoms with Gasteiger partial charge in [0.1, 0.15) is 22.8 Å². The molecule has 1 unspecified atom stereocenters. The Kier molecular flexibility index (Phi) is 8.37. The summed E-state index contributed by atoms with van der Waals surface area (Å²) in [7, 11) is 0.224. The van der Waals surface area contributed by atoms with E-state index in [0.29, 0.717) is 39.0 Å². The molecule has 7 nitrogen and oxygen atoms in total. The van der Waals surface area contributed by atoms with Crippen LogP contribution in [0, 0.1) is 6.92 Å². The third-order valence-electron chi connectivity index (χ3n) is 6.36. The number of para-hydroxylation sites is 1. The molecule has 4 aromatic rings. The summed E-state index contributed by atoms with van der Waals surface area (Å²) in [5, 5.41) is 2.59. The molecule has 0 radical (unpaired) electrons. The molecule has 1 fully saturated rings. The summed E-state index contributed by atoms with van der Waals surface area (Å²) in [6.45, 7) is 1.97. The second kappa shape index (κ2) is 12.3. The summed E-state index contributed by atoms with van der Waals surface area (Å²) in [5.74, 6) is 0.883. The number of thiocarbonyl (C=S) groups is 1. The lowest BCUT2D eigenvalue weighted by atomic mass is 10.0. The van der Waals surface area contributed by atoms with Crippen molar-refractivity contribution in [2.24, 2.45) is 0 Å². The summed E-state index contributed by atoms with van der Waals surface area (Å²) in [4.78, 5) is 28.3. The van der Waals surface area contributed by atoms with Gasteiger partial charge < -0.3 is 9.47 Å². The molecule has 1 atom stereocenters. The van der Waals surface area contributed by atoms with Crippen LogP contribution in [0.3, 0.4) is 0 Å². The molecule has 4 aromatic carbocycles. The maximum absolute atomic E-state index is 13.5. The minimum atomic E-state index is -1.32. The number of carbonyl (C=O) groups is 2. The van der Waals surface area contributed by atoms with E-state index in [4.69, 9.17) is 21.7 Å². The van der Waals surface area contributed by atoms with Crippen LogP contribution in [0.1, 0.15) is 16.7 Å². The highest BCUT2D eigenvalue weighted by molar-refractivity contribution is 7.84. The van der Waals surface area contributed by atoms with E-state index < -0.39 is 22.6 Å². The van der Waals surface area contributed by atoms with Crippen molar-refractivity contribution in [3.8, 4) is 17.2 Å². The van der Waals surface area contributed by atoms with Gasteiger partial charge in [0.05, 0.1) is 29.3 Å². The quantitative estimate of drug-likeness (QED) is 0.157. The maximum Gasteiger partial charge on any atom is 0.270 e. The molecule has 1 heterocycles. The topological polar surface area (TPSA) is 84.9 Å². The molecular formula is C32H26N2O5S2. The lowest BCUT2D eigenvalue weighted by molar-refractivity contribution is -0.122. The minimum absolute atomic E-state index is 0.0159. The molecule has 0 saturated carbocycles. The van der Waals surface area contributed by atoms with Crippen molar-refractivity contribution in [2.45, 2.75) is 17.6 Å². The Balaban J connectivity index is 1.39. The van der Waals surface area contributed by atoms with Crippen molar-refractivity contribution in [2.75, 3.05) is 12.0 Å². The molecule has 1 aliphatic heterocycles. The Morgan fingerprint density at radius 3 is 2.27 bits per heavy atom. The standard InChI is InChI=1S/C32H26N2O5S2/c1-21-8-15-27(16-9-21)41(37)20-23-18-22(10-17-29(23)38-2)19-28-30(35)33-32(40)34(31(28)36)24-11-13-26(14-12-24)39-25-6-4-3-5-7-25/h3-19H,20H2,1-2H3,(H,33,35,40). The van der Waals surface area contributed by atoms with Gasteiger partial charge in [-0.3, -0.25) is 24.0 Å². The molecule has 206 valence electrons. The number of benzene rings is 4. The number of anilines is 1. The smallest absolute Gasteiger partial charge is 0.270 e. The SMILES string of the molecule is COc1ccc(C=C2C(=O)NC(=S)N(c3ccc(Oc4ccccc4)cc3)C2=O)cc1CS(=O)c1ccc(C)cc1. The van der Waals surface area contributed by atoms with Crippen molar-refractivity contribution < 1.29 is 23.3 Å². The molecule has 1 aliphatic rings. The average molecular weight is 583 g/mol. The molecule has 5 rings (SSSR count). The van der Waals surface area contributed by atoms with Crippen molar-refractivity contribution in [1.29, 1.82) is 0 Å². The highest BCUT2D eigenvalue weighted by Crippen LogP contribution is 2.29. The Hall–Kier alpha value is -4.60. The van der Waals surface area contributed by atoms with Gasteiger partial charge in [-0.2, -0.15) is 0 Å². The first-order valence-electron chi connectivity index (χ1n) is 12.7.